The fourth-order valence-electron chi connectivity index (χ4n) is 1.89. The predicted molar refractivity (Wildman–Crippen MR) is 72.0 cm³/mol. The van der Waals surface area contributed by atoms with Crippen molar-refractivity contribution in [2.45, 2.75) is 6.92 Å². The van der Waals surface area contributed by atoms with Crippen LogP contribution in [0, 0.1) is 16.7 Å². The van der Waals surface area contributed by atoms with Crippen molar-refractivity contribution in [3.63, 3.8) is 0 Å². The number of pyridine rings is 1. The Morgan fingerprint density at radius 2 is 2.37 bits per heavy atom. The van der Waals surface area contributed by atoms with Crippen molar-refractivity contribution < 1.29 is 4.74 Å². The van der Waals surface area contributed by atoms with Crippen LogP contribution in [0.15, 0.2) is 24.2 Å². The number of rotatable bonds is 3. The van der Waals surface area contributed by atoms with E-state index in [-0.39, 0.29) is 0 Å². The summed E-state index contributed by atoms with van der Waals surface area (Å²) < 4.78 is 6.85. The zero-order valence-electron chi connectivity index (χ0n) is 10.6. The van der Waals surface area contributed by atoms with Crippen molar-refractivity contribution in [2.24, 2.45) is 5.73 Å². The molecule has 0 aromatic carbocycles. The normalized spacial score (nSPS) is 11.8. The lowest BCUT2D eigenvalue weighted by Gasteiger charge is -2.09. The van der Waals surface area contributed by atoms with Crippen molar-refractivity contribution in [1.29, 1.82) is 10.7 Å². The van der Waals surface area contributed by atoms with Crippen LogP contribution in [0.2, 0.25) is 0 Å². The Kier molecular flexibility index (Phi) is 3.21. The Morgan fingerprint density at radius 1 is 1.63 bits per heavy atom. The van der Waals surface area contributed by atoms with E-state index in [0.717, 1.165) is 0 Å². The molecule has 0 radical (unpaired) electrons. The number of nitrogens with zero attached hydrogens (tertiary/aromatic N) is 3. The van der Waals surface area contributed by atoms with E-state index in [0.29, 0.717) is 33.7 Å². The van der Waals surface area contributed by atoms with Gasteiger partial charge < -0.3 is 15.9 Å². The van der Waals surface area contributed by atoms with Gasteiger partial charge in [-0.2, -0.15) is 10.4 Å². The van der Waals surface area contributed by atoms with E-state index >= 15 is 0 Å². The Bertz CT molecular complexity index is 716. The number of hydrogen-bond acceptors (Lipinski definition) is 5. The first-order chi connectivity index (χ1) is 9.12. The molecule has 3 N–H and O–H groups in total. The summed E-state index contributed by atoms with van der Waals surface area (Å²) in [6, 6.07) is 3.81. The van der Waals surface area contributed by atoms with Crippen LogP contribution in [0.4, 0.5) is 0 Å². The van der Waals surface area contributed by atoms with Crippen LogP contribution >= 0.6 is 0 Å². The molecular weight excluding hydrogens is 242 g/mol. The number of methoxy groups -OCH3 is 1. The van der Waals surface area contributed by atoms with Crippen LogP contribution < -0.4 is 10.5 Å². The van der Waals surface area contributed by atoms with Gasteiger partial charge in [-0.25, -0.2) is 4.52 Å². The number of nitrogens with one attached hydrogen (secondary N) is 1. The van der Waals surface area contributed by atoms with Crippen molar-refractivity contribution >= 4 is 17.3 Å². The van der Waals surface area contributed by atoms with Gasteiger partial charge in [-0.15, -0.1) is 0 Å². The summed E-state index contributed by atoms with van der Waals surface area (Å²) in [6.07, 6.45) is 4.38. The molecular formula is C13H13N5O. The Balaban J connectivity index is 2.79. The predicted octanol–water partition coefficient (Wildman–Crippen LogP) is 1.55. The Hall–Kier alpha value is -2.81. The third-order valence-corrected chi connectivity index (χ3v) is 2.80. The topological polar surface area (TPSA) is 100 Å². The van der Waals surface area contributed by atoms with Gasteiger partial charge in [0.1, 0.15) is 22.9 Å². The van der Waals surface area contributed by atoms with Crippen LogP contribution in [0.1, 0.15) is 18.1 Å². The lowest BCUT2D eigenvalue weighted by molar-refractivity contribution is 0.417. The number of fused-ring (bicyclic) bond motifs is 1. The van der Waals surface area contributed by atoms with E-state index in [4.69, 9.17) is 21.1 Å². The van der Waals surface area contributed by atoms with Gasteiger partial charge in [0.2, 0.25) is 0 Å². The molecule has 0 fully saturated rings. The van der Waals surface area contributed by atoms with E-state index in [1.165, 1.54) is 19.5 Å². The molecule has 2 aromatic heterocycles. The maximum Gasteiger partial charge on any atom is 0.146 e. The van der Waals surface area contributed by atoms with E-state index < -0.39 is 0 Å². The molecule has 0 saturated heterocycles. The summed E-state index contributed by atoms with van der Waals surface area (Å²) in [5.41, 5.74) is 8.63. The van der Waals surface area contributed by atoms with E-state index in [9.17, 15) is 0 Å². The second-order valence-corrected chi connectivity index (χ2v) is 4.00. The monoisotopic (exact) mass is 255 g/mol. The van der Waals surface area contributed by atoms with E-state index in [2.05, 4.69) is 11.2 Å². The summed E-state index contributed by atoms with van der Waals surface area (Å²) in [5.74, 6) is 0.521. The van der Waals surface area contributed by atoms with Crippen LogP contribution in [0.5, 0.6) is 5.75 Å². The van der Waals surface area contributed by atoms with Crippen molar-refractivity contribution in [3.8, 4) is 11.8 Å². The molecule has 2 heterocycles. The molecule has 2 rings (SSSR count). The number of aromatic nitrogens is 2. The molecule has 0 aliphatic rings. The van der Waals surface area contributed by atoms with Crippen molar-refractivity contribution in [2.75, 3.05) is 7.11 Å². The maximum atomic E-state index is 9.03. The standard InChI is InChI=1S/C13H13N5O/c1-8(16)11(5-15)9-3-12(19-2)13-10(4-14)6-17-18(13)7-9/h3,5-7,15H,16H2,1-2H3/b11-8+,15-5?. The van der Waals surface area contributed by atoms with Crippen LogP contribution in [0.3, 0.4) is 0 Å². The van der Waals surface area contributed by atoms with Gasteiger partial charge in [-0.05, 0) is 13.0 Å². The highest BCUT2D eigenvalue weighted by Crippen LogP contribution is 2.27. The minimum absolute atomic E-state index is 0.438. The van der Waals surface area contributed by atoms with Gasteiger partial charge in [0, 0.05) is 29.2 Å². The number of nitrogens with two attached hydrogens (primary N) is 1. The first kappa shape index (κ1) is 12.6. The summed E-state index contributed by atoms with van der Waals surface area (Å²) >= 11 is 0. The number of hydrogen-bond donors (Lipinski definition) is 2. The smallest absolute Gasteiger partial charge is 0.146 e. The molecule has 6 nitrogen and oxygen atoms in total. The highest BCUT2D eigenvalue weighted by atomic mass is 16.5. The lowest BCUT2D eigenvalue weighted by atomic mass is 10.1. The van der Waals surface area contributed by atoms with E-state index in [1.54, 1.807) is 23.7 Å². The zero-order chi connectivity index (χ0) is 14.0. The van der Waals surface area contributed by atoms with Crippen LogP contribution in [-0.2, 0) is 0 Å². The molecule has 0 aliphatic carbocycles. The third kappa shape index (κ3) is 2.02. The van der Waals surface area contributed by atoms with Crippen LogP contribution in [0.25, 0.3) is 11.1 Å². The molecule has 19 heavy (non-hydrogen) atoms. The lowest BCUT2D eigenvalue weighted by Crippen LogP contribution is -2.02. The average Bonchev–Trinajstić information content (AvgIpc) is 2.81. The van der Waals surface area contributed by atoms with Gasteiger partial charge in [-0.1, -0.05) is 0 Å². The highest BCUT2D eigenvalue weighted by molar-refractivity contribution is 6.09. The van der Waals surface area contributed by atoms with Gasteiger partial charge in [-0.3, -0.25) is 0 Å². The highest BCUT2D eigenvalue weighted by Gasteiger charge is 2.13. The largest absolute Gasteiger partial charge is 0.494 e. The SMILES string of the molecule is COc1cc(/C(C=N)=C(\C)N)cn2ncc(C#N)c12. The second kappa shape index (κ2) is 4.82. The molecule has 0 aliphatic heterocycles. The molecule has 0 atom stereocenters. The fraction of sp³-hybridized carbons (Fsp3) is 0.154. The Labute approximate surface area is 110 Å². The van der Waals surface area contributed by atoms with Gasteiger partial charge >= 0.3 is 0 Å². The van der Waals surface area contributed by atoms with Gasteiger partial charge in [0.15, 0.2) is 0 Å². The van der Waals surface area contributed by atoms with E-state index in [1.807, 2.05) is 0 Å². The fourth-order valence-corrected chi connectivity index (χ4v) is 1.89. The molecule has 96 valence electrons. The molecule has 0 amide bonds. The second-order valence-electron chi connectivity index (χ2n) is 4.00. The Morgan fingerprint density at radius 3 is 2.89 bits per heavy atom. The summed E-state index contributed by atoms with van der Waals surface area (Å²) in [6.45, 7) is 1.72. The molecule has 0 spiro atoms. The molecule has 0 bridgehead atoms. The molecule has 6 heteroatoms. The first-order valence-electron chi connectivity index (χ1n) is 5.55. The van der Waals surface area contributed by atoms with Crippen molar-refractivity contribution in [1.82, 2.24) is 9.61 Å². The minimum Gasteiger partial charge on any atom is -0.494 e. The number of nitriles is 1. The quantitative estimate of drug-likeness (QED) is 0.812. The minimum atomic E-state index is 0.438. The first-order valence-corrected chi connectivity index (χ1v) is 5.55. The average molecular weight is 255 g/mol. The van der Waals surface area contributed by atoms with Gasteiger partial charge in [0.25, 0.3) is 0 Å². The summed E-state index contributed by atoms with van der Waals surface area (Å²) in [7, 11) is 1.52. The van der Waals surface area contributed by atoms with Crippen LogP contribution in [-0.4, -0.2) is 22.9 Å². The number of ether oxygens (including phenoxy) is 1. The zero-order valence-corrected chi connectivity index (χ0v) is 10.6. The van der Waals surface area contributed by atoms with Gasteiger partial charge in [0.05, 0.1) is 13.3 Å². The van der Waals surface area contributed by atoms with Crippen molar-refractivity contribution in [3.05, 3.63) is 35.3 Å². The maximum absolute atomic E-state index is 9.03. The summed E-state index contributed by atoms with van der Waals surface area (Å²) in [4.78, 5) is 0. The molecule has 0 saturated carbocycles. The summed E-state index contributed by atoms with van der Waals surface area (Å²) in [5, 5.41) is 20.6. The third-order valence-electron chi connectivity index (χ3n) is 2.80. The number of allylic oxidation sites excluding steroid dienone is 2. The molecule has 0 unspecified atom stereocenters. The molecule has 2 aromatic rings.